The predicted molar refractivity (Wildman–Crippen MR) is 80.7 cm³/mol. The molecule has 0 heterocycles. The second-order valence-corrected chi connectivity index (χ2v) is 7.16. The fraction of sp³-hybridized carbons (Fsp3) is 0.556. The number of Topliss-reactive ketones (excluding diaryl/α,β-unsaturated/α-hetero) is 1. The molecule has 0 saturated heterocycles. The number of ketones is 1. The van der Waals surface area contributed by atoms with Crippen LogP contribution in [0.25, 0.3) is 0 Å². The van der Waals surface area contributed by atoms with Gasteiger partial charge in [-0.3, -0.25) is 9.59 Å². The Morgan fingerprint density at radius 2 is 1.81 bits per heavy atom. The third kappa shape index (κ3) is 1.86. The zero-order chi connectivity index (χ0) is 15.4. The molecule has 0 spiro atoms. The van der Waals surface area contributed by atoms with Crippen LogP contribution in [0.2, 0.25) is 0 Å². The van der Waals surface area contributed by atoms with Crippen molar-refractivity contribution in [2.24, 2.45) is 5.92 Å². The number of benzene rings is 1. The van der Waals surface area contributed by atoms with Crippen molar-refractivity contribution < 1.29 is 14.7 Å². The first kappa shape index (κ1) is 14.3. The average Bonchev–Trinajstić information content (AvgIpc) is 2.52. The van der Waals surface area contributed by atoms with Gasteiger partial charge in [0.15, 0.2) is 5.78 Å². The Hall–Kier alpha value is -1.64. The lowest BCUT2D eigenvalue weighted by Crippen LogP contribution is -2.42. The van der Waals surface area contributed by atoms with Crippen LogP contribution in [-0.4, -0.2) is 16.9 Å². The van der Waals surface area contributed by atoms with E-state index in [1.54, 1.807) is 6.92 Å². The van der Waals surface area contributed by atoms with Gasteiger partial charge in [0.2, 0.25) is 0 Å². The largest absolute Gasteiger partial charge is 0.481 e. The first-order valence-corrected chi connectivity index (χ1v) is 7.67. The van der Waals surface area contributed by atoms with Crippen LogP contribution < -0.4 is 0 Å². The Kier molecular flexibility index (Phi) is 3.01. The lowest BCUT2D eigenvalue weighted by Gasteiger charge is -2.44. The van der Waals surface area contributed by atoms with E-state index in [0.717, 1.165) is 24.8 Å². The molecule has 0 aromatic heterocycles. The summed E-state index contributed by atoms with van der Waals surface area (Å²) in [5, 5.41) is 9.33. The molecule has 0 radical (unpaired) electrons. The van der Waals surface area contributed by atoms with Crippen molar-refractivity contribution in [1.82, 2.24) is 0 Å². The number of rotatable bonds is 3. The second kappa shape index (κ2) is 4.43. The highest BCUT2D eigenvalue weighted by molar-refractivity contribution is 5.94. The minimum atomic E-state index is -0.723. The highest BCUT2D eigenvalue weighted by Gasteiger charge is 2.58. The minimum absolute atomic E-state index is 0.0720. The molecule has 3 rings (SSSR count). The topological polar surface area (TPSA) is 54.4 Å². The highest BCUT2D eigenvalue weighted by Crippen LogP contribution is 2.62. The van der Waals surface area contributed by atoms with E-state index in [2.05, 4.69) is 19.9 Å². The fourth-order valence-electron chi connectivity index (χ4n) is 4.88. The Labute approximate surface area is 125 Å². The van der Waals surface area contributed by atoms with Crippen LogP contribution in [0.1, 0.15) is 67.9 Å². The number of hydrogen-bond acceptors (Lipinski definition) is 2. The van der Waals surface area contributed by atoms with Crippen LogP contribution in [0, 0.1) is 5.92 Å². The van der Waals surface area contributed by atoms with Gasteiger partial charge in [-0.25, -0.2) is 0 Å². The van der Waals surface area contributed by atoms with Crippen LogP contribution in [0.3, 0.4) is 0 Å². The molecule has 0 aliphatic heterocycles. The molecule has 0 amide bonds. The summed E-state index contributed by atoms with van der Waals surface area (Å²) in [6.07, 6.45) is 3.37. The standard InChI is InChI=1S/C18H22O3/c1-11(19)12-5-6-13-14(9-12)18(3)8-4-7-17(13,2)15(18)10-16(20)21/h5-6,9,15H,4,7-8,10H2,1-3H3,(H,20,21). The van der Waals surface area contributed by atoms with E-state index in [9.17, 15) is 14.7 Å². The van der Waals surface area contributed by atoms with Crippen LogP contribution in [0.4, 0.5) is 0 Å². The lowest BCUT2D eigenvalue weighted by molar-refractivity contribution is -0.139. The van der Waals surface area contributed by atoms with Gasteiger partial charge in [0.25, 0.3) is 0 Å². The zero-order valence-electron chi connectivity index (χ0n) is 12.9. The molecule has 3 unspecified atom stereocenters. The van der Waals surface area contributed by atoms with Crippen molar-refractivity contribution in [3.8, 4) is 0 Å². The van der Waals surface area contributed by atoms with Crippen LogP contribution >= 0.6 is 0 Å². The molecule has 3 heteroatoms. The quantitative estimate of drug-likeness (QED) is 0.862. The van der Waals surface area contributed by atoms with Crippen molar-refractivity contribution in [3.05, 3.63) is 34.9 Å². The van der Waals surface area contributed by atoms with Crippen LogP contribution in [0.15, 0.2) is 18.2 Å². The maximum absolute atomic E-state index is 11.7. The number of carboxylic acid groups (broad SMARTS) is 1. The molecule has 1 saturated carbocycles. The van der Waals surface area contributed by atoms with Gasteiger partial charge in [0.05, 0.1) is 0 Å². The minimum Gasteiger partial charge on any atom is -0.481 e. The van der Waals surface area contributed by atoms with E-state index in [0.29, 0.717) is 0 Å². The van der Waals surface area contributed by atoms with Crippen LogP contribution in [0.5, 0.6) is 0 Å². The van der Waals surface area contributed by atoms with Gasteiger partial charge >= 0.3 is 5.97 Å². The summed E-state index contributed by atoms with van der Waals surface area (Å²) in [7, 11) is 0. The SMILES string of the molecule is CC(=O)c1ccc2c(c1)C1(C)CCCC2(C)C1CC(=O)O. The summed E-state index contributed by atoms with van der Waals surface area (Å²) < 4.78 is 0. The second-order valence-electron chi connectivity index (χ2n) is 7.16. The number of carbonyl (C=O) groups excluding carboxylic acids is 1. The summed E-state index contributed by atoms with van der Waals surface area (Å²) in [6, 6.07) is 5.98. The molecule has 1 aromatic carbocycles. The van der Waals surface area contributed by atoms with E-state index in [1.165, 1.54) is 11.1 Å². The Balaban J connectivity index is 2.19. The maximum atomic E-state index is 11.7. The molecule has 1 N–H and O–H groups in total. The summed E-state index contributed by atoms with van der Waals surface area (Å²) >= 11 is 0. The van der Waals surface area contributed by atoms with Crippen molar-refractivity contribution >= 4 is 11.8 Å². The molecular formula is C18H22O3. The van der Waals surface area contributed by atoms with Gasteiger partial charge in [-0.15, -0.1) is 0 Å². The molecule has 2 aliphatic rings. The van der Waals surface area contributed by atoms with Crippen molar-refractivity contribution in [2.75, 3.05) is 0 Å². The first-order valence-electron chi connectivity index (χ1n) is 7.67. The summed E-state index contributed by atoms with van der Waals surface area (Å²) in [6.45, 7) is 5.98. The van der Waals surface area contributed by atoms with Crippen molar-refractivity contribution in [1.29, 1.82) is 0 Å². The van der Waals surface area contributed by atoms with Crippen molar-refractivity contribution in [3.63, 3.8) is 0 Å². The third-order valence-corrected chi connectivity index (χ3v) is 5.97. The number of carboxylic acids is 1. The Bertz CT molecular complexity index is 633. The van der Waals surface area contributed by atoms with E-state index >= 15 is 0 Å². The molecule has 112 valence electrons. The normalized spacial score (nSPS) is 33.6. The van der Waals surface area contributed by atoms with Gasteiger partial charge in [0, 0.05) is 12.0 Å². The smallest absolute Gasteiger partial charge is 0.303 e. The van der Waals surface area contributed by atoms with Gasteiger partial charge in [0.1, 0.15) is 0 Å². The fourth-order valence-corrected chi connectivity index (χ4v) is 4.88. The molecule has 2 bridgehead atoms. The number of carbonyl (C=O) groups is 2. The van der Waals surface area contributed by atoms with E-state index in [1.807, 2.05) is 12.1 Å². The van der Waals surface area contributed by atoms with Gasteiger partial charge in [-0.05, 0) is 53.7 Å². The molecule has 21 heavy (non-hydrogen) atoms. The highest BCUT2D eigenvalue weighted by atomic mass is 16.4. The van der Waals surface area contributed by atoms with E-state index in [-0.39, 0.29) is 29.0 Å². The molecule has 2 aliphatic carbocycles. The van der Waals surface area contributed by atoms with Gasteiger partial charge in [-0.2, -0.15) is 0 Å². The lowest BCUT2D eigenvalue weighted by atomic mass is 9.59. The number of aliphatic carboxylic acids is 1. The van der Waals surface area contributed by atoms with Crippen LogP contribution in [-0.2, 0) is 15.6 Å². The van der Waals surface area contributed by atoms with E-state index < -0.39 is 5.97 Å². The first-order chi connectivity index (χ1) is 9.79. The van der Waals surface area contributed by atoms with Gasteiger partial charge in [-0.1, -0.05) is 32.4 Å². The Morgan fingerprint density at radius 3 is 2.38 bits per heavy atom. The third-order valence-electron chi connectivity index (χ3n) is 5.97. The molecule has 1 aromatic rings. The predicted octanol–water partition coefficient (Wildman–Crippen LogP) is 3.69. The monoisotopic (exact) mass is 286 g/mol. The molecular weight excluding hydrogens is 264 g/mol. The number of fused-ring (bicyclic) bond motifs is 5. The Morgan fingerprint density at radius 1 is 1.19 bits per heavy atom. The van der Waals surface area contributed by atoms with Gasteiger partial charge < -0.3 is 5.11 Å². The molecule has 3 nitrogen and oxygen atoms in total. The van der Waals surface area contributed by atoms with Crippen molar-refractivity contribution in [2.45, 2.75) is 57.3 Å². The van der Waals surface area contributed by atoms with E-state index in [4.69, 9.17) is 0 Å². The summed E-state index contributed by atoms with van der Waals surface area (Å²) in [5.41, 5.74) is 3.02. The number of hydrogen-bond donors (Lipinski definition) is 1. The average molecular weight is 286 g/mol. The maximum Gasteiger partial charge on any atom is 0.303 e. The molecule has 3 atom stereocenters. The molecule has 1 fully saturated rings. The summed E-state index contributed by atoms with van der Waals surface area (Å²) in [5.74, 6) is -0.532. The zero-order valence-corrected chi connectivity index (χ0v) is 12.9. The summed E-state index contributed by atoms with van der Waals surface area (Å²) in [4.78, 5) is 23.0.